The third-order valence-corrected chi connectivity index (χ3v) is 3.68. The van der Waals surface area contributed by atoms with Crippen LogP contribution in [0.1, 0.15) is 10.4 Å². The summed E-state index contributed by atoms with van der Waals surface area (Å²) in [5.41, 5.74) is -0.333. The second kappa shape index (κ2) is 7.81. The summed E-state index contributed by atoms with van der Waals surface area (Å²) in [6, 6.07) is 9.78. The van der Waals surface area contributed by atoms with E-state index >= 15 is 0 Å². The number of rotatable bonds is 5. The summed E-state index contributed by atoms with van der Waals surface area (Å²) >= 11 is 0. The van der Waals surface area contributed by atoms with Crippen LogP contribution in [0.2, 0.25) is 0 Å². The molecule has 0 aliphatic carbocycles. The maximum Gasteiger partial charge on any atom is 0.254 e. The first-order valence-electron chi connectivity index (χ1n) is 7.91. The van der Waals surface area contributed by atoms with E-state index in [-0.39, 0.29) is 31.4 Å². The number of fused-ring (bicyclic) bond motifs is 1. The third-order valence-electron chi connectivity index (χ3n) is 3.68. The van der Waals surface area contributed by atoms with E-state index in [2.05, 4.69) is 10.6 Å². The van der Waals surface area contributed by atoms with Crippen molar-refractivity contribution < 1.29 is 27.8 Å². The van der Waals surface area contributed by atoms with Crippen molar-refractivity contribution in [3.8, 4) is 11.5 Å². The van der Waals surface area contributed by atoms with Gasteiger partial charge in [0.15, 0.2) is 11.5 Å². The van der Waals surface area contributed by atoms with E-state index in [0.29, 0.717) is 17.6 Å². The van der Waals surface area contributed by atoms with E-state index < -0.39 is 23.4 Å². The average molecular weight is 362 g/mol. The van der Waals surface area contributed by atoms with Gasteiger partial charge >= 0.3 is 0 Å². The van der Waals surface area contributed by atoms with Crippen LogP contribution in [0.4, 0.5) is 8.78 Å². The maximum atomic E-state index is 13.5. The molecule has 0 saturated heterocycles. The highest BCUT2D eigenvalue weighted by Crippen LogP contribution is 2.30. The highest BCUT2D eigenvalue weighted by molar-refractivity contribution is 5.96. The molecule has 6 nitrogen and oxygen atoms in total. The Labute approximate surface area is 148 Å². The van der Waals surface area contributed by atoms with Crippen LogP contribution in [0.15, 0.2) is 42.5 Å². The standard InChI is InChI=1S/C18H16F2N2O4/c19-11-5-6-13(14(20)7-11)18(24)22-9-17(23)21-8-12-10-25-15-3-1-2-4-16(15)26-12/h1-7,12H,8-10H2,(H,21,23)(H,22,24). The summed E-state index contributed by atoms with van der Waals surface area (Å²) in [5.74, 6) is -1.81. The SMILES string of the molecule is O=C(CNC(=O)c1ccc(F)cc1F)NCC1COc2ccccc2O1. The molecule has 0 fully saturated rings. The Morgan fingerprint density at radius 2 is 1.85 bits per heavy atom. The first-order chi connectivity index (χ1) is 12.5. The minimum Gasteiger partial charge on any atom is -0.486 e. The number of ether oxygens (including phenoxy) is 2. The molecule has 1 heterocycles. The zero-order valence-electron chi connectivity index (χ0n) is 13.6. The molecule has 8 heteroatoms. The zero-order chi connectivity index (χ0) is 18.5. The molecular formula is C18H16F2N2O4. The zero-order valence-corrected chi connectivity index (χ0v) is 13.6. The molecule has 2 aromatic rings. The molecule has 0 bridgehead atoms. The first kappa shape index (κ1) is 17.7. The van der Waals surface area contributed by atoms with Gasteiger partial charge in [-0.2, -0.15) is 0 Å². The number of nitrogens with one attached hydrogen (secondary N) is 2. The second-order valence-electron chi connectivity index (χ2n) is 5.61. The van der Waals surface area contributed by atoms with Crippen molar-refractivity contribution >= 4 is 11.8 Å². The number of hydrogen-bond acceptors (Lipinski definition) is 4. The highest BCUT2D eigenvalue weighted by Gasteiger charge is 2.21. The molecule has 0 radical (unpaired) electrons. The summed E-state index contributed by atoms with van der Waals surface area (Å²) < 4.78 is 37.6. The van der Waals surface area contributed by atoms with Gasteiger partial charge < -0.3 is 20.1 Å². The van der Waals surface area contributed by atoms with E-state index in [9.17, 15) is 18.4 Å². The summed E-state index contributed by atoms with van der Waals surface area (Å²) in [6.45, 7) is 0.123. The maximum absolute atomic E-state index is 13.5. The van der Waals surface area contributed by atoms with Gasteiger partial charge in [0.1, 0.15) is 24.3 Å². The topological polar surface area (TPSA) is 76.7 Å². The number of halogens is 2. The van der Waals surface area contributed by atoms with Gasteiger partial charge in [-0.1, -0.05) is 12.1 Å². The molecule has 2 aromatic carbocycles. The quantitative estimate of drug-likeness (QED) is 0.848. The molecular weight excluding hydrogens is 346 g/mol. The van der Waals surface area contributed by atoms with Crippen molar-refractivity contribution in [3.05, 3.63) is 59.7 Å². The van der Waals surface area contributed by atoms with Crippen molar-refractivity contribution in [2.24, 2.45) is 0 Å². The monoisotopic (exact) mass is 362 g/mol. The van der Waals surface area contributed by atoms with Crippen molar-refractivity contribution in [1.82, 2.24) is 10.6 Å². The van der Waals surface area contributed by atoms with E-state index in [1.54, 1.807) is 12.1 Å². The van der Waals surface area contributed by atoms with Crippen LogP contribution in [0, 0.1) is 11.6 Å². The normalized spacial score (nSPS) is 15.2. The smallest absolute Gasteiger partial charge is 0.254 e. The molecule has 136 valence electrons. The van der Waals surface area contributed by atoms with Gasteiger partial charge in [0, 0.05) is 6.07 Å². The van der Waals surface area contributed by atoms with Crippen molar-refractivity contribution in [1.29, 1.82) is 0 Å². The predicted octanol–water partition coefficient (Wildman–Crippen LogP) is 1.65. The van der Waals surface area contributed by atoms with Gasteiger partial charge in [0.05, 0.1) is 18.7 Å². The summed E-state index contributed by atoms with van der Waals surface area (Å²) in [5, 5.41) is 4.88. The summed E-state index contributed by atoms with van der Waals surface area (Å²) in [7, 11) is 0. The van der Waals surface area contributed by atoms with Crippen molar-refractivity contribution in [3.63, 3.8) is 0 Å². The Morgan fingerprint density at radius 3 is 2.62 bits per heavy atom. The van der Waals surface area contributed by atoms with Crippen LogP contribution in [0.5, 0.6) is 11.5 Å². The fraction of sp³-hybridized carbons (Fsp3) is 0.222. The van der Waals surface area contributed by atoms with E-state index in [4.69, 9.17) is 9.47 Å². The average Bonchev–Trinajstić information content (AvgIpc) is 2.64. The summed E-state index contributed by atoms with van der Waals surface area (Å²) in [6.07, 6.45) is -0.362. The van der Waals surface area contributed by atoms with Crippen LogP contribution in [-0.4, -0.2) is 37.6 Å². The Kier molecular flexibility index (Phi) is 5.31. The number of benzene rings is 2. The number of carbonyl (C=O) groups excluding carboxylic acids is 2. The fourth-order valence-electron chi connectivity index (χ4n) is 2.38. The van der Waals surface area contributed by atoms with Crippen LogP contribution < -0.4 is 20.1 Å². The summed E-state index contributed by atoms with van der Waals surface area (Å²) in [4.78, 5) is 23.7. The molecule has 3 rings (SSSR count). The van der Waals surface area contributed by atoms with Crippen LogP contribution in [-0.2, 0) is 4.79 Å². The molecule has 1 aliphatic heterocycles. The predicted molar refractivity (Wildman–Crippen MR) is 88.1 cm³/mol. The number of amides is 2. The molecule has 0 spiro atoms. The van der Waals surface area contributed by atoms with Gasteiger partial charge in [0.2, 0.25) is 5.91 Å². The molecule has 1 aliphatic rings. The Morgan fingerprint density at radius 1 is 1.08 bits per heavy atom. The molecule has 0 aromatic heterocycles. The highest BCUT2D eigenvalue weighted by atomic mass is 19.1. The van der Waals surface area contributed by atoms with Crippen LogP contribution >= 0.6 is 0 Å². The largest absolute Gasteiger partial charge is 0.486 e. The Hall–Kier alpha value is -3.16. The Balaban J connectivity index is 1.44. The van der Waals surface area contributed by atoms with Crippen molar-refractivity contribution in [2.75, 3.05) is 19.7 Å². The number of carbonyl (C=O) groups is 2. The molecule has 2 N–H and O–H groups in total. The number of para-hydroxylation sites is 2. The Bertz CT molecular complexity index is 829. The van der Waals surface area contributed by atoms with E-state index in [1.165, 1.54) is 0 Å². The number of hydrogen-bond donors (Lipinski definition) is 2. The minimum atomic E-state index is -0.991. The molecule has 1 atom stereocenters. The van der Waals surface area contributed by atoms with Gasteiger partial charge in [-0.25, -0.2) is 8.78 Å². The van der Waals surface area contributed by atoms with Crippen LogP contribution in [0.25, 0.3) is 0 Å². The molecule has 26 heavy (non-hydrogen) atoms. The van der Waals surface area contributed by atoms with E-state index in [0.717, 1.165) is 12.1 Å². The fourth-order valence-corrected chi connectivity index (χ4v) is 2.38. The van der Waals surface area contributed by atoms with E-state index in [1.807, 2.05) is 12.1 Å². The van der Waals surface area contributed by atoms with Crippen LogP contribution in [0.3, 0.4) is 0 Å². The van der Waals surface area contributed by atoms with Crippen molar-refractivity contribution in [2.45, 2.75) is 6.10 Å². The third kappa shape index (κ3) is 4.27. The lowest BCUT2D eigenvalue weighted by atomic mass is 10.2. The van der Waals surface area contributed by atoms with Gasteiger partial charge in [-0.3, -0.25) is 9.59 Å². The lowest BCUT2D eigenvalue weighted by Crippen LogP contribution is -2.44. The van der Waals surface area contributed by atoms with Gasteiger partial charge in [0.25, 0.3) is 5.91 Å². The lowest BCUT2D eigenvalue weighted by Gasteiger charge is -2.26. The lowest BCUT2D eigenvalue weighted by molar-refractivity contribution is -0.120. The molecule has 0 saturated carbocycles. The molecule has 2 amide bonds. The first-order valence-corrected chi connectivity index (χ1v) is 7.91. The minimum absolute atomic E-state index is 0.188. The second-order valence-corrected chi connectivity index (χ2v) is 5.61. The van der Waals surface area contributed by atoms with Gasteiger partial charge in [-0.05, 0) is 24.3 Å². The molecule has 1 unspecified atom stereocenters. The van der Waals surface area contributed by atoms with Gasteiger partial charge in [-0.15, -0.1) is 0 Å².